The standard InChI is InChI=1S/C17H20N2O2/c18-9-10-19-17(20)21-11-16-14-7-3-1-5-12(14)13-6-2-4-8-15(13)16/h1,3-5,7-8,16H,2,6,9-11,18H2,(H,19,20). The molecule has 0 heterocycles. The number of nitrogens with one attached hydrogen (secondary N) is 1. The third-order valence-corrected chi connectivity index (χ3v) is 4.04. The van der Waals surface area contributed by atoms with Gasteiger partial charge in [-0.05, 0) is 35.1 Å². The first-order valence-corrected chi connectivity index (χ1v) is 7.41. The SMILES string of the molecule is NCCNC(=O)OCC1C2=C(CCC=C2)c2ccccc21. The minimum absolute atomic E-state index is 0.149. The summed E-state index contributed by atoms with van der Waals surface area (Å²) in [7, 11) is 0. The smallest absolute Gasteiger partial charge is 0.407 e. The molecule has 1 unspecified atom stereocenters. The zero-order valence-electron chi connectivity index (χ0n) is 12.0. The zero-order valence-corrected chi connectivity index (χ0v) is 12.0. The molecule has 1 aromatic rings. The number of benzene rings is 1. The highest BCUT2D eigenvalue weighted by Gasteiger charge is 2.31. The Morgan fingerprint density at radius 1 is 1.38 bits per heavy atom. The summed E-state index contributed by atoms with van der Waals surface area (Å²) in [4.78, 5) is 11.6. The molecule has 0 saturated carbocycles. The summed E-state index contributed by atoms with van der Waals surface area (Å²) in [5.74, 6) is 0.149. The molecular formula is C17H20N2O2. The van der Waals surface area contributed by atoms with Gasteiger partial charge in [0, 0.05) is 19.0 Å². The summed E-state index contributed by atoms with van der Waals surface area (Å²) in [6.07, 6.45) is 6.14. The first-order valence-electron chi connectivity index (χ1n) is 7.41. The first-order chi connectivity index (χ1) is 10.3. The van der Waals surface area contributed by atoms with Gasteiger partial charge in [-0.15, -0.1) is 0 Å². The molecule has 21 heavy (non-hydrogen) atoms. The number of ether oxygens (including phenoxy) is 1. The lowest BCUT2D eigenvalue weighted by Gasteiger charge is -2.16. The molecular weight excluding hydrogens is 264 g/mol. The maximum absolute atomic E-state index is 11.6. The summed E-state index contributed by atoms with van der Waals surface area (Å²) in [5, 5.41) is 2.63. The monoisotopic (exact) mass is 284 g/mol. The first kappa shape index (κ1) is 13.9. The Kier molecular flexibility index (Phi) is 4.06. The number of alkyl carbamates (subject to hydrolysis) is 1. The maximum Gasteiger partial charge on any atom is 0.407 e. The van der Waals surface area contributed by atoms with E-state index in [4.69, 9.17) is 10.5 Å². The van der Waals surface area contributed by atoms with Crippen LogP contribution in [0, 0.1) is 0 Å². The van der Waals surface area contributed by atoms with E-state index in [1.54, 1.807) is 0 Å². The summed E-state index contributed by atoms with van der Waals surface area (Å²) in [5.41, 5.74) is 10.6. The number of fused-ring (bicyclic) bond motifs is 2. The van der Waals surface area contributed by atoms with Crippen LogP contribution in [0.2, 0.25) is 0 Å². The van der Waals surface area contributed by atoms with Crippen molar-refractivity contribution in [3.8, 4) is 0 Å². The second-order valence-electron chi connectivity index (χ2n) is 5.33. The van der Waals surface area contributed by atoms with Crippen LogP contribution in [0.3, 0.4) is 0 Å². The molecule has 1 atom stereocenters. The molecule has 4 nitrogen and oxygen atoms in total. The Hall–Kier alpha value is -2.07. The molecule has 0 fully saturated rings. The molecule has 3 N–H and O–H groups in total. The molecule has 3 rings (SSSR count). The van der Waals surface area contributed by atoms with Gasteiger partial charge in [0.15, 0.2) is 0 Å². The fourth-order valence-electron chi connectivity index (χ4n) is 3.11. The molecule has 0 radical (unpaired) electrons. The lowest BCUT2D eigenvalue weighted by molar-refractivity contribution is 0.143. The van der Waals surface area contributed by atoms with Crippen molar-refractivity contribution in [1.82, 2.24) is 5.32 Å². The average molecular weight is 284 g/mol. The molecule has 1 aromatic carbocycles. The molecule has 1 amide bonds. The zero-order chi connectivity index (χ0) is 14.7. The van der Waals surface area contributed by atoms with Crippen LogP contribution in [0.25, 0.3) is 5.57 Å². The van der Waals surface area contributed by atoms with E-state index < -0.39 is 6.09 Å². The van der Waals surface area contributed by atoms with Crippen molar-refractivity contribution in [2.75, 3.05) is 19.7 Å². The van der Waals surface area contributed by atoms with Crippen LogP contribution >= 0.6 is 0 Å². The number of hydrogen-bond acceptors (Lipinski definition) is 3. The molecule has 4 heteroatoms. The van der Waals surface area contributed by atoms with E-state index in [1.165, 1.54) is 22.3 Å². The number of amides is 1. The van der Waals surface area contributed by atoms with Gasteiger partial charge < -0.3 is 15.8 Å². The van der Waals surface area contributed by atoms with Gasteiger partial charge in [-0.2, -0.15) is 0 Å². The van der Waals surface area contributed by atoms with Gasteiger partial charge >= 0.3 is 6.09 Å². The largest absolute Gasteiger partial charge is 0.449 e. The lowest BCUT2D eigenvalue weighted by Crippen LogP contribution is -2.30. The van der Waals surface area contributed by atoms with Crippen molar-refractivity contribution >= 4 is 11.7 Å². The highest BCUT2D eigenvalue weighted by atomic mass is 16.5. The second-order valence-corrected chi connectivity index (χ2v) is 5.33. The van der Waals surface area contributed by atoms with Crippen molar-refractivity contribution in [3.05, 3.63) is 53.1 Å². The number of allylic oxidation sites excluding steroid dienone is 3. The van der Waals surface area contributed by atoms with Crippen LogP contribution in [-0.2, 0) is 4.74 Å². The van der Waals surface area contributed by atoms with Crippen LogP contribution in [0.1, 0.15) is 29.9 Å². The summed E-state index contributed by atoms with van der Waals surface area (Å²) >= 11 is 0. The molecule has 0 bridgehead atoms. The molecule has 0 saturated heterocycles. The number of rotatable bonds is 4. The number of carbonyl (C=O) groups excluding carboxylic acids is 1. The van der Waals surface area contributed by atoms with Gasteiger partial charge in [-0.1, -0.05) is 36.4 Å². The minimum atomic E-state index is -0.397. The van der Waals surface area contributed by atoms with E-state index in [2.05, 4.69) is 35.7 Å². The second kappa shape index (κ2) is 6.14. The Balaban J connectivity index is 1.77. The van der Waals surface area contributed by atoms with Crippen LogP contribution < -0.4 is 11.1 Å². The molecule has 0 aromatic heterocycles. The highest BCUT2D eigenvalue weighted by Crippen LogP contribution is 2.46. The van der Waals surface area contributed by atoms with E-state index in [9.17, 15) is 4.79 Å². The van der Waals surface area contributed by atoms with Crippen LogP contribution in [0.15, 0.2) is 42.0 Å². The van der Waals surface area contributed by atoms with Crippen molar-refractivity contribution < 1.29 is 9.53 Å². The van der Waals surface area contributed by atoms with E-state index in [-0.39, 0.29) is 5.92 Å². The van der Waals surface area contributed by atoms with Gasteiger partial charge in [0.1, 0.15) is 6.61 Å². The minimum Gasteiger partial charge on any atom is -0.449 e. The summed E-state index contributed by atoms with van der Waals surface area (Å²) in [6, 6.07) is 8.41. The normalized spacial score (nSPS) is 19.2. The molecule has 0 spiro atoms. The van der Waals surface area contributed by atoms with Gasteiger partial charge in [0.05, 0.1) is 0 Å². The van der Waals surface area contributed by atoms with Crippen LogP contribution in [0.4, 0.5) is 4.79 Å². The molecule has 2 aliphatic carbocycles. The van der Waals surface area contributed by atoms with Crippen LogP contribution in [-0.4, -0.2) is 25.8 Å². The van der Waals surface area contributed by atoms with E-state index in [0.717, 1.165) is 12.8 Å². The lowest BCUT2D eigenvalue weighted by atomic mass is 9.93. The fraction of sp³-hybridized carbons (Fsp3) is 0.353. The number of nitrogens with two attached hydrogens (primary N) is 1. The van der Waals surface area contributed by atoms with Crippen molar-refractivity contribution in [2.45, 2.75) is 18.8 Å². The summed E-state index contributed by atoms with van der Waals surface area (Å²) < 4.78 is 5.36. The van der Waals surface area contributed by atoms with Crippen molar-refractivity contribution in [1.29, 1.82) is 0 Å². The molecule has 2 aliphatic rings. The predicted octanol–water partition coefficient (Wildman–Crippen LogP) is 2.57. The van der Waals surface area contributed by atoms with Crippen molar-refractivity contribution in [2.24, 2.45) is 5.73 Å². The van der Waals surface area contributed by atoms with Gasteiger partial charge in [0.2, 0.25) is 0 Å². The van der Waals surface area contributed by atoms with Crippen molar-refractivity contribution in [3.63, 3.8) is 0 Å². The van der Waals surface area contributed by atoms with Gasteiger partial charge in [-0.3, -0.25) is 0 Å². The Morgan fingerprint density at radius 2 is 2.24 bits per heavy atom. The maximum atomic E-state index is 11.6. The quantitative estimate of drug-likeness (QED) is 0.893. The highest BCUT2D eigenvalue weighted by molar-refractivity contribution is 5.81. The Morgan fingerprint density at radius 3 is 3.10 bits per heavy atom. The Bertz CT molecular complexity index is 605. The van der Waals surface area contributed by atoms with E-state index in [0.29, 0.717) is 19.7 Å². The van der Waals surface area contributed by atoms with Gasteiger partial charge in [-0.25, -0.2) is 4.79 Å². The number of carbonyl (C=O) groups is 1. The Labute approximate surface area is 124 Å². The van der Waals surface area contributed by atoms with E-state index >= 15 is 0 Å². The fourth-order valence-corrected chi connectivity index (χ4v) is 3.11. The number of hydrogen-bond donors (Lipinski definition) is 2. The third kappa shape index (κ3) is 2.72. The van der Waals surface area contributed by atoms with Gasteiger partial charge in [0.25, 0.3) is 0 Å². The molecule has 110 valence electrons. The topological polar surface area (TPSA) is 64.3 Å². The van der Waals surface area contributed by atoms with Crippen LogP contribution in [0.5, 0.6) is 0 Å². The third-order valence-electron chi connectivity index (χ3n) is 4.04. The predicted molar refractivity (Wildman–Crippen MR) is 82.9 cm³/mol. The molecule has 0 aliphatic heterocycles. The summed E-state index contributed by atoms with van der Waals surface area (Å²) in [6.45, 7) is 1.23. The average Bonchev–Trinajstić information content (AvgIpc) is 2.85. The van der Waals surface area contributed by atoms with E-state index in [1.807, 2.05) is 6.07 Å².